The van der Waals surface area contributed by atoms with Crippen molar-refractivity contribution in [3.63, 3.8) is 0 Å². The number of oxazole rings is 1. The van der Waals surface area contributed by atoms with Crippen LogP contribution in [0.2, 0.25) is 0 Å². The van der Waals surface area contributed by atoms with Gasteiger partial charge in [-0.2, -0.15) is 4.52 Å². The first-order valence-corrected chi connectivity index (χ1v) is 10.4. The summed E-state index contributed by atoms with van der Waals surface area (Å²) in [5, 5.41) is 4.91. The molecule has 0 aliphatic heterocycles. The Morgan fingerprint density at radius 2 is 2.12 bits per heavy atom. The monoisotopic (exact) mass is 456 g/mol. The lowest BCUT2D eigenvalue weighted by Crippen LogP contribution is -2.35. The molecule has 4 aromatic rings. The molecule has 33 heavy (non-hydrogen) atoms. The van der Waals surface area contributed by atoms with E-state index in [1.165, 1.54) is 30.0 Å². The minimum absolute atomic E-state index is 0.0540. The minimum Gasteiger partial charge on any atom is -0.494 e. The third kappa shape index (κ3) is 4.29. The molecule has 174 valence electrons. The van der Waals surface area contributed by atoms with Crippen LogP contribution in [0.5, 0.6) is 5.75 Å². The number of ether oxygens (including phenoxy) is 1. The average Bonchev–Trinajstić information content (AvgIpc) is 3.46. The van der Waals surface area contributed by atoms with E-state index in [9.17, 15) is 9.18 Å². The fourth-order valence-electron chi connectivity index (χ4n) is 3.57. The number of rotatable bonds is 8. The number of benzene rings is 1. The largest absolute Gasteiger partial charge is 0.494 e. The van der Waals surface area contributed by atoms with E-state index in [4.69, 9.17) is 20.6 Å². The van der Waals surface area contributed by atoms with Crippen molar-refractivity contribution in [1.29, 1.82) is 0 Å². The molecule has 4 N–H and O–H groups in total. The molecule has 0 aliphatic rings. The maximum Gasteiger partial charge on any atom is 0.275 e. The molecular formula is C21H25FN8O3. The van der Waals surface area contributed by atoms with Crippen molar-refractivity contribution in [3.05, 3.63) is 41.6 Å². The van der Waals surface area contributed by atoms with Crippen LogP contribution in [0.1, 0.15) is 42.0 Å². The number of amides is 1. The highest BCUT2D eigenvalue weighted by atomic mass is 19.1. The number of hydrogen-bond acceptors (Lipinski definition) is 9. The smallest absolute Gasteiger partial charge is 0.275 e. The molecule has 1 amide bonds. The summed E-state index contributed by atoms with van der Waals surface area (Å²) in [6.07, 6.45) is 3.29. The summed E-state index contributed by atoms with van der Waals surface area (Å²) < 4.78 is 25.8. The number of halogens is 1. The van der Waals surface area contributed by atoms with Crippen LogP contribution in [0.25, 0.3) is 16.6 Å². The Hall–Kier alpha value is -3.80. The van der Waals surface area contributed by atoms with Gasteiger partial charge >= 0.3 is 0 Å². The van der Waals surface area contributed by atoms with Crippen molar-refractivity contribution in [2.45, 2.75) is 38.8 Å². The highest BCUT2D eigenvalue weighted by molar-refractivity contribution is 5.93. The van der Waals surface area contributed by atoms with Crippen molar-refractivity contribution in [3.8, 4) is 5.75 Å². The van der Waals surface area contributed by atoms with E-state index in [0.29, 0.717) is 41.1 Å². The molecule has 12 heteroatoms. The lowest BCUT2D eigenvalue weighted by molar-refractivity contribution is 0.0729. The molecule has 0 saturated carbocycles. The molecule has 4 rings (SSSR count). The predicted molar refractivity (Wildman–Crippen MR) is 118 cm³/mol. The second-order valence-electron chi connectivity index (χ2n) is 7.73. The van der Waals surface area contributed by atoms with Gasteiger partial charge in [0.1, 0.15) is 6.26 Å². The van der Waals surface area contributed by atoms with Crippen molar-refractivity contribution in [1.82, 2.24) is 29.5 Å². The number of aromatic nitrogens is 5. The minimum atomic E-state index is -0.518. The van der Waals surface area contributed by atoms with Gasteiger partial charge in [-0.1, -0.05) is 0 Å². The Morgan fingerprint density at radius 1 is 1.33 bits per heavy atom. The fraction of sp³-hybridized carbons (Fsp3) is 0.381. The molecule has 1 atom stereocenters. The molecule has 11 nitrogen and oxygen atoms in total. The lowest BCUT2D eigenvalue weighted by atomic mass is 10.1. The zero-order valence-electron chi connectivity index (χ0n) is 18.6. The molecule has 0 fully saturated rings. The summed E-state index contributed by atoms with van der Waals surface area (Å²) in [5.41, 5.74) is 12.6. The van der Waals surface area contributed by atoms with Crippen LogP contribution >= 0.6 is 0 Å². The molecular weight excluding hydrogens is 431 g/mol. The van der Waals surface area contributed by atoms with E-state index in [2.05, 4.69) is 20.1 Å². The maximum absolute atomic E-state index is 14.2. The molecule has 3 heterocycles. The number of carbonyl (C=O) groups excluding carboxylic acids is 1. The van der Waals surface area contributed by atoms with E-state index in [1.54, 1.807) is 11.9 Å². The standard InChI is InChI=1S/C21H25FN8O3/c1-11(29(2)20(31)15-10-33-18(9-23)25-15)5-4-6-17-27-19-12-7-13(22)16(32-3)8-14(12)26-21(24)30(19)28-17/h7-8,10-11H,4-6,9,23H2,1-3H3,(H2,24,26)/t11-/m0/s1. The van der Waals surface area contributed by atoms with Gasteiger partial charge in [-0.15, -0.1) is 5.10 Å². The van der Waals surface area contributed by atoms with Gasteiger partial charge in [-0.3, -0.25) is 4.79 Å². The van der Waals surface area contributed by atoms with Gasteiger partial charge in [0.15, 0.2) is 28.7 Å². The van der Waals surface area contributed by atoms with E-state index in [-0.39, 0.29) is 35.9 Å². The van der Waals surface area contributed by atoms with Crippen molar-refractivity contribution >= 4 is 28.4 Å². The highest BCUT2D eigenvalue weighted by Gasteiger charge is 2.21. The quantitative estimate of drug-likeness (QED) is 0.405. The maximum atomic E-state index is 14.2. The molecule has 0 bridgehead atoms. The van der Waals surface area contributed by atoms with Crippen LogP contribution in [-0.2, 0) is 13.0 Å². The number of fused-ring (bicyclic) bond motifs is 3. The number of nitrogens with two attached hydrogens (primary N) is 2. The van der Waals surface area contributed by atoms with Crippen molar-refractivity contribution in [2.24, 2.45) is 5.73 Å². The Kier molecular flexibility index (Phi) is 6.09. The van der Waals surface area contributed by atoms with E-state index in [0.717, 1.165) is 6.42 Å². The SMILES string of the molecule is COc1cc2nc(N)n3nc(CCC[C@H](C)N(C)C(=O)c4coc(CN)n4)nc3c2cc1F. The summed E-state index contributed by atoms with van der Waals surface area (Å²) in [4.78, 5) is 27.1. The van der Waals surface area contributed by atoms with Gasteiger partial charge < -0.3 is 25.5 Å². The first kappa shape index (κ1) is 22.4. The molecule has 3 aromatic heterocycles. The van der Waals surface area contributed by atoms with Crippen molar-refractivity contribution < 1.29 is 18.3 Å². The second kappa shape index (κ2) is 8.98. The summed E-state index contributed by atoms with van der Waals surface area (Å²) in [6.45, 7) is 2.08. The van der Waals surface area contributed by atoms with E-state index >= 15 is 0 Å². The first-order chi connectivity index (χ1) is 15.8. The van der Waals surface area contributed by atoms with E-state index < -0.39 is 5.82 Å². The van der Waals surface area contributed by atoms with Crippen LogP contribution < -0.4 is 16.2 Å². The third-order valence-corrected chi connectivity index (χ3v) is 5.56. The predicted octanol–water partition coefficient (Wildman–Crippen LogP) is 1.94. The van der Waals surface area contributed by atoms with Gasteiger partial charge in [0.25, 0.3) is 5.91 Å². The van der Waals surface area contributed by atoms with Crippen LogP contribution in [-0.4, -0.2) is 55.6 Å². The average molecular weight is 456 g/mol. The molecule has 0 saturated heterocycles. The summed E-state index contributed by atoms with van der Waals surface area (Å²) in [5.74, 6) is 0.341. The van der Waals surface area contributed by atoms with Crippen LogP contribution in [0.4, 0.5) is 10.3 Å². The number of methoxy groups -OCH3 is 1. The van der Waals surface area contributed by atoms with Crippen LogP contribution in [0, 0.1) is 5.82 Å². The molecule has 0 spiro atoms. The van der Waals surface area contributed by atoms with Gasteiger partial charge in [0, 0.05) is 31.0 Å². The molecule has 1 aromatic carbocycles. The second-order valence-corrected chi connectivity index (χ2v) is 7.73. The van der Waals surface area contributed by atoms with Crippen molar-refractivity contribution in [2.75, 3.05) is 19.9 Å². The Labute approximate surface area is 188 Å². The number of anilines is 1. The number of carbonyl (C=O) groups is 1. The van der Waals surface area contributed by atoms with Gasteiger partial charge in [0.05, 0.1) is 19.2 Å². The normalized spacial score (nSPS) is 12.4. The van der Waals surface area contributed by atoms with Gasteiger partial charge in [-0.05, 0) is 25.8 Å². The zero-order chi connectivity index (χ0) is 23.7. The summed E-state index contributed by atoms with van der Waals surface area (Å²) >= 11 is 0. The van der Waals surface area contributed by atoms with E-state index in [1.807, 2.05) is 6.92 Å². The number of hydrogen-bond donors (Lipinski definition) is 2. The topological polar surface area (TPSA) is 151 Å². The Morgan fingerprint density at radius 3 is 2.82 bits per heavy atom. The molecule has 0 unspecified atom stereocenters. The lowest BCUT2D eigenvalue weighted by Gasteiger charge is -2.23. The third-order valence-electron chi connectivity index (χ3n) is 5.56. The Bertz CT molecular complexity index is 1320. The zero-order valence-corrected chi connectivity index (χ0v) is 18.6. The summed E-state index contributed by atoms with van der Waals surface area (Å²) in [6, 6.07) is 2.74. The van der Waals surface area contributed by atoms with Crippen LogP contribution in [0.3, 0.4) is 0 Å². The molecule has 0 aliphatic carbocycles. The highest BCUT2D eigenvalue weighted by Crippen LogP contribution is 2.27. The summed E-state index contributed by atoms with van der Waals surface area (Å²) in [7, 11) is 3.10. The van der Waals surface area contributed by atoms with Gasteiger partial charge in [0.2, 0.25) is 11.8 Å². The Balaban J connectivity index is 1.46. The van der Waals surface area contributed by atoms with Crippen LogP contribution in [0.15, 0.2) is 22.8 Å². The number of nitrogen functional groups attached to an aromatic ring is 1. The number of aryl methyl sites for hydroxylation is 1. The fourth-order valence-corrected chi connectivity index (χ4v) is 3.57. The number of nitrogens with zero attached hydrogens (tertiary/aromatic N) is 6. The molecule has 0 radical (unpaired) electrons. The van der Waals surface area contributed by atoms with Gasteiger partial charge in [-0.25, -0.2) is 19.3 Å². The first-order valence-electron chi connectivity index (χ1n) is 10.4.